The van der Waals surface area contributed by atoms with Crippen LogP contribution in [0.2, 0.25) is 0 Å². The summed E-state index contributed by atoms with van der Waals surface area (Å²) >= 11 is 0. The molecule has 0 bridgehead atoms. The maximum absolute atomic E-state index is 11.9. The third-order valence-electron chi connectivity index (χ3n) is 1.92. The molecule has 15 heavy (non-hydrogen) atoms. The first-order valence-electron chi connectivity index (χ1n) is 4.10. The molecule has 0 saturated carbocycles. The van der Waals surface area contributed by atoms with Gasteiger partial charge in [0.1, 0.15) is 0 Å². The molecule has 0 radical (unpaired) electrons. The molecule has 0 aromatic rings. The molecular weight excluding hydrogens is 237 g/mol. The van der Waals surface area contributed by atoms with Crippen LogP contribution in [0.5, 0.6) is 0 Å². The van der Waals surface area contributed by atoms with E-state index < -0.39 is 27.5 Å². The fourth-order valence-corrected chi connectivity index (χ4v) is 1.69. The minimum absolute atomic E-state index is 0.333. The minimum atomic E-state index is -5.57. The maximum Gasteiger partial charge on any atom is 0.516 e. The predicted molar refractivity (Wildman–Crippen MR) is 44.1 cm³/mol. The van der Waals surface area contributed by atoms with Gasteiger partial charge in [0.25, 0.3) is 5.91 Å². The molecule has 0 aromatic carbocycles. The van der Waals surface area contributed by atoms with E-state index in [-0.39, 0.29) is 0 Å². The van der Waals surface area contributed by atoms with Crippen molar-refractivity contribution in [1.29, 1.82) is 0 Å². The summed E-state index contributed by atoms with van der Waals surface area (Å²) in [7, 11) is -5.57. The highest BCUT2D eigenvalue weighted by Crippen LogP contribution is 2.21. The van der Waals surface area contributed by atoms with Crippen LogP contribution in [0, 0.1) is 0 Å². The summed E-state index contributed by atoms with van der Waals surface area (Å²) in [6.07, 6.45) is 0.962. The molecule has 1 fully saturated rings. The Morgan fingerprint density at radius 3 is 2.40 bits per heavy atom. The third-order valence-corrected chi connectivity index (χ3v) is 3.00. The number of rotatable bonds is 2. The van der Waals surface area contributed by atoms with Crippen molar-refractivity contribution in [1.82, 2.24) is 10.0 Å². The van der Waals surface area contributed by atoms with Crippen LogP contribution in [0.15, 0.2) is 0 Å². The maximum atomic E-state index is 11.9. The van der Waals surface area contributed by atoms with E-state index in [1.807, 2.05) is 0 Å². The van der Waals surface area contributed by atoms with Gasteiger partial charge in [-0.3, -0.25) is 4.79 Å². The molecule has 1 atom stereocenters. The summed E-state index contributed by atoms with van der Waals surface area (Å²) in [6.45, 7) is 0.490. The van der Waals surface area contributed by atoms with Gasteiger partial charge in [0.2, 0.25) is 0 Å². The predicted octanol–water partition coefficient (Wildman–Crippen LogP) is -0.296. The van der Waals surface area contributed by atoms with Crippen LogP contribution in [0.3, 0.4) is 0 Å². The third kappa shape index (κ3) is 2.81. The van der Waals surface area contributed by atoms with Crippen molar-refractivity contribution < 1.29 is 26.4 Å². The van der Waals surface area contributed by atoms with Crippen molar-refractivity contribution in [2.24, 2.45) is 0 Å². The van der Waals surface area contributed by atoms with E-state index in [4.69, 9.17) is 0 Å². The summed E-state index contributed by atoms with van der Waals surface area (Å²) in [5, 5.41) is 2.59. The number of sulfonamides is 1. The van der Waals surface area contributed by atoms with Crippen LogP contribution in [0.4, 0.5) is 13.2 Å². The normalized spacial score (nSPS) is 22.7. The lowest BCUT2D eigenvalue weighted by Crippen LogP contribution is -2.47. The van der Waals surface area contributed by atoms with E-state index >= 15 is 0 Å². The lowest BCUT2D eigenvalue weighted by atomic mass is 10.2. The molecule has 1 unspecified atom stereocenters. The lowest BCUT2D eigenvalue weighted by Gasteiger charge is -2.12. The molecule has 0 spiro atoms. The number of carbonyl (C=O) groups is 1. The molecular formula is C6H9F3N2O3S. The SMILES string of the molecule is O=C(NS(=O)(=O)C(F)(F)F)C1CCCN1. The highest BCUT2D eigenvalue weighted by Gasteiger charge is 2.47. The summed E-state index contributed by atoms with van der Waals surface area (Å²) in [4.78, 5) is 11.1. The molecule has 88 valence electrons. The standard InChI is InChI=1S/C6H9F3N2O3S/c7-6(8,9)15(13,14)11-5(12)4-2-1-3-10-4/h4,10H,1-3H2,(H,11,12). The fraction of sp³-hybridized carbons (Fsp3) is 0.833. The van der Waals surface area contributed by atoms with E-state index in [0.717, 1.165) is 4.72 Å². The van der Waals surface area contributed by atoms with Gasteiger partial charge in [-0.15, -0.1) is 0 Å². The highest BCUT2D eigenvalue weighted by atomic mass is 32.2. The zero-order chi connectivity index (χ0) is 11.7. The molecule has 0 aromatic heterocycles. The van der Waals surface area contributed by atoms with Gasteiger partial charge in [-0.2, -0.15) is 21.6 Å². The minimum Gasteiger partial charge on any atom is -0.306 e. The van der Waals surface area contributed by atoms with Gasteiger partial charge in [0.15, 0.2) is 0 Å². The van der Waals surface area contributed by atoms with Crippen molar-refractivity contribution in [2.75, 3.05) is 6.54 Å². The molecule has 1 heterocycles. The molecule has 1 saturated heterocycles. The Labute approximate surface area is 84.1 Å². The molecule has 9 heteroatoms. The summed E-state index contributed by atoms with van der Waals surface area (Å²) < 4.78 is 57.6. The van der Waals surface area contributed by atoms with Crippen molar-refractivity contribution >= 4 is 15.9 Å². The molecule has 2 N–H and O–H groups in total. The summed E-state index contributed by atoms with van der Waals surface area (Å²) in [5.74, 6) is -1.16. The van der Waals surface area contributed by atoms with Gasteiger partial charge in [-0.05, 0) is 19.4 Å². The van der Waals surface area contributed by atoms with Crippen LogP contribution in [0.25, 0.3) is 0 Å². The summed E-state index contributed by atoms with van der Waals surface area (Å²) in [5.41, 5.74) is -5.46. The second kappa shape index (κ2) is 3.97. The van der Waals surface area contributed by atoms with Gasteiger partial charge in [0.05, 0.1) is 6.04 Å². The second-order valence-electron chi connectivity index (χ2n) is 3.06. The largest absolute Gasteiger partial charge is 0.516 e. The van der Waals surface area contributed by atoms with Gasteiger partial charge >= 0.3 is 15.5 Å². The smallest absolute Gasteiger partial charge is 0.306 e. The molecule has 1 amide bonds. The highest BCUT2D eigenvalue weighted by molar-refractivity contribution is 7.90. The van der Waals surface area contributed by atoms with Crippen LogP contribution >= 0.6 is 0 Å². The number of hydrogen-bond donors (Lipinski definition) is 2. The monoisotopic (exact) mass is 246 g/mol. The van der Waals surface area contributed by atoms with E-state index in [2.05, 4.69) is 5.32 Å². The van der Waals surface area contributed by atoms with Gasteiger partial charge in [0, 0.05) is 0 Å². The number of halogens is 3. The molecule has 0 aliphatic carbocycles. The molecule has 1 rings (SSSR count). The first kappa shape index (κ1) is 12.2. The van der Waals surface area contributed by atoms with Crippen molar-refractivity contribution in [3.63, 3.8) is 0 Å². The quantitative estimate of drug-likeness (QED) is 0.701. The fourth-order valence-electron chi connectivity index (χ4n) is 1.17. The molecule has 1 aliphatic rings. The Hall–Kier alpha value is -0.830. The Kier molecular flexibility index (Phi) is 3.24. The van der Waals surface area contributed by atoms with Crippen LogP contribution in [-0.4, -0.2) is 32.4 Å². The average Bonchev–Trinajstić information content (AvgIpc) is 2.51. The first-order valence-corrected chi connectivity index (χ1v) is 5.58. The average molecular weight is 246 g/mol. The van der Waals surface area contributed by atoms with Crippen molar-refractivity contribution in [2.45, 2.75) is 24.4 Å². The Bertz CT molecular complexity index is 345. The topological polar surface area (TPSA) is 75.3 Å². The second-order valence-corrected chi connectivity index (χ2v) is 4.74. The first-order chi connectivity index (χ1) is 6.74. The Balaban J connectivity index is 2.66. The van der Waals surface area contributed by atoms with E-state index in [1.54, 1.807) is 0 Å². The van der Waals surface area contributed by atoms with E-state index in [1.165, 1.54) is 0 Å². The summed E-state index contributed by atoms with van der Waals surface area (Å²) in [6, 6.07) is -0.859. The van der Waals surface area contributed by atoms with E-state index in [9.17, 15) is 26.4 Å². The lowest BCUT2D eigenvalue weighted by molar-refractivity contribution is -0.121. The van der Waals surface area contributed by atoms with Gasteiger partial charge in [-0.1, -0.05) is 0 Å². The zero-order valence-corrected chi connectivity index (χ0v) is 8.28. The molecule has 5 nitrogen and oxygen atoms in total. The Morgan fingerprint density at radius 1 is 1.40 bits per heavy atom. The number of alkyl halides is 3. The van der Waals surface area contributed by atoms with Crippen molar-refractivity contribution in [3.8, 4) is 0 Å². The van der Waals surface area contributed by atoms with Gasteiger partial charge < -0.3 is 5.32 Å². The Morgan fingerprint density at radius 2 is 2.00 bits per heavy atom. The van der Waals surface area contributed by atoms with Crippen LogP contribution in [0.1, 0.15) is 12.8 Å². The zero-order valence-electron chi connectivity index (χ0n) is 7.47. The van der Waals surface area contributed by atoms with Crippen LogP contribution < -0.4 is 10.0 Å². The van der Waals surface area contributed by atoms with E-state index in [0.29, 0.717) is 19.4 Å². The van der Waals surface area contributed by atoms with Crippen molar-refractivity contribution in [3.05, 3.63) is 0 Å². The number of carbonyl (C=O) groups excluding carboxylic acids is 1. The molecule has 1 aliphatic heterocycles. The van der Waals surface area contributed by atoms with Gasteiger partial charge in [-0.25, -0.2) is 4.72 Å². The number of nitrogens with one attached hydrogen (secondary N) is 2. The number of hydrogen-bond acceptors (Lipinski definition) is 4. The number of amides is 1. The van der Waals surface area contributed by atoms with Crippen LogP contribution in [-0.2, 0) is 14.8 Å².